The summed E-state index contributed by atoms with van der Waals surface area (Å²) in [6.45, 7) is 7.22. The second-order valence-corrected chi connectivity index (χ2v) is 9.00. The molecule has 0 bridgehead atoms. The topological polar surface area (TPSA) is 64.5 Å². The van der Waals surface area contributed by atoms with Gasteiger partial charge in [0.05, 0.1) is 31.0 Å². The van der Waals surface area contributed by atoms with Crippen LogP contribution in [0.3, 0.4) is 0 Å². The van der Waals surface area contributed by atoms with Crippen molar-refractivity contribution in [1.29, 1.82) is 0 Å². The highest BCUT2D eigenvalue weighted by molar-refractivity contribution is 7.09. The average Bonchev–Trinajstić information content (AvgIpc) is 3.38. The Balaban J connectivity index is 1.38. The first-order chi connectivity index (χ1) is 15.7. The summed E-state index contributed by atoms with van der Waals surface area (Å²) in [5.41, 5.74) is 6.61. The largest absolute Gasteiger partial charge is 0.494 e. The molecule has 1 fully saturated rings. The molecular formula is C25H25N3O3S. The number of morpholine rings is 1. The number of pyridine rings is 1. The van der Waals surface area contributed by atoms with Crippen LogP contribution in [0.2, 0.25) is 0 Å². The molecule has 2 aliphatic rings. The molecule has 5 rings (SSSR count). The molecule has 164 valence electrons. The number of ketones is 1. The quantitative estimate of drug-likeness (QED) is 0.508. The molecule has 6 nitrogen and oxygen atoms in total. The van der Waals surface area contributed by atoms with Gasteiger partial charge in [-0.15, -0.1) is 11.3 Å². The van der Waals surface area contributed by atoms with Gasteiger partial charge in [0.25, 0.3) is 0 Å². The SMILES string of the molecule is Cc1scnc1C1=C(c2cccnc2)C(=O)c2cc(OCCCN3CCOCC3)ccc21. The summed E-state index contributed by atoms with van der Waals surface area (Å²) >= 11 is 1.58. The van der Waals surface area contributed by atoms with Gasteiger partial charge in [0.15, 0.2) is 5.78 Å². The third-order valence-corrected chi connectivity index (χ3v) is 6.66. The molecule has 2 aromatic heterocycles. The van der Waals surface area contributed by atoms with Crippen molar-refractivity contribution in [2.45, 2.75) is 13.3 Å². The van der Waals surface area contributed by atoms with E-state index in [4.69, 9.17) is 9.47 Å². The number of carbonyl (C=O) groups is 1. The van der Waals surface area contributed by atoms with E-state index >= 15 is 0 Å². The Morgan fingerprint density at radius 3 is 2.78 bits per heavy atom. The molecule has 3 heterocycles. The highest BCUT2D eigenvalue weighted by Gasteiger charge is 2.33. The number of benzene rings is 1. The second-order valence-electron chi connectivity index (χ2n) is 7.94. The van der Waals surface area contributed by atoms with Gasteiger partial charge in [0.1, 0.15) is 5.75 Å². The molecule has 0 spiro atoms. The molecule has 0 atom stereocenters. The first-order valence-corrected chi connectivity index (χ1v) is 11.8. The van der Waals surface area contributed by atoms with Gasteiger partial charge in [-0.1, -0.05) is 6.07 Å². The molecule has 0 radical (unpaired) electrons. The van der Waals surface area contributed by atoms with Crippen molar-refractivity contribution in [3.05, 3.63) is 75.5 Å². The number of hydrogen-bond donors (Lipinski definition) is 0. The van der Waals surface area contributed by atoms with Crippen LogP contribution in [0.15, 0.2) is 48.2 Å². The summed E-state index contributed by atoms with van der Waals surface area (Å²) in [6.07, 6.45) is 4.39. The molecule has 1 aliphatic carbocycles. The van der Waals surface area contributed by atoms with Crippen molar-refractivity contribution in [1.82, 2.24) is 14.9 Å². The smallest absolute Gasteiger partial charge is 0.195 e. The fourth-order valence-corrected chi connectivity index (χ4v) is 4.86. The number of hydrogen-bond acceptors (Lipinski definition) is 7. The summed E-state index contributed by atoms with van der Waals surface area (Å²) in [5, 5.41) is 0. The van der Waals surface area contributed by atoms with Gasteiger partial charge in [-0.2, -0.15) is 0 Å². The van der Waals surface area contributed by atoms with Crippen LogP contribution in [-0.2, 0) is 4.74 Å². The van der Waals surface area contributed by atoms with Crippen molar-refractivity contribution in [2.24, 2.45) is 0 Å². The molecule has 1 aromatic carbocycles. The van der Waals surface area contributed by atoms with Crippen LogP contribution in [0, 0.1) is 6.92 Å². The van der Waals surface area contributed by atoms with Gasteiger partial charge in [0, 0.05) is 59.2 Å². The predicted octanol–water partition coefficient (Wildman–Crippen LogP) is 4.10. The van der Waals surface area contributed by atoms with E-state index < -0.39 is 0 Å². The van der Waals surface area contributed by atoms with Gasteiger partial charge < -0.3 is 9.47 Å². The Bertz CT molecular complexity index is 1150. The van der Waals surface area contributed by atoms with Gasteiger partial charge in [-0.05, 0) is 43.2 Å². The van der Waals surface area contributed by atoms with Crippen molar-refractivity contribution in [3.8, 4) is 5.75 Å². The lowest BCUT2D eigenvalue weighted by Gasteiger charge is -2.26. The van der Waals surface area contributed by atoms with Crippen LogP contribution in [-0.4, -0.2) is 60.1 Å². The van der Waals surface area contributed by atoms with Crippen LogP contribution >= 0.6 is 11.3 Å². The Labute approximate surface area is 191 Å². The number of Topliss-reactive ketones (excluding diaryl/α,β-unsaturated/α-hetero) is 1. The highest BCUT2D eigenvalue weighted by Crippen LogP contribution is 2.43. The Kier molecular flexibility index (Phi) is 6.12. The molecule has 1 aliphatic heterocycles. The molecule has 7 heteroatoms. The second kappa shape index (κ2) is 9.32. The van der Waals surface area contributed by atoms with E-state index in [1.54, 1.807) is 23.7 Å². The van der Waals surface area contributed by atoms with Gasteiger partial charge in [-0.3, -0.25) is 14.7 Å². The van der Waals surface area contributed by atoms with E-state index in [-0.39, 0.29) is 5.78 Å². The summed E-state index contributed by atoms with van der Waals surface area (Å²) in [4.78, 5) is 25.8. The lowest BCUT2D eigenvalue weighted by Crippen LogP contribution is -2.37. The highest BCUT2D eigenvalue weighted by atomic mass is 32.1. The van der Waals surface area contributed by atoms with Crippen LogP contribution in [0.25, 0.3) is 11.1 Å². The first-order valence-electron chi connectivity index (χ1n) is 10.9. The Hall–Kier alpha value is -2.87. The number of nitrogens with zero attached hydrogens (tertiary/aromatic N) is 3. The molecule has 0 unspecified atom stereocenters. The van der Waals surface area contributed by atoms with E-state index in [0.717, 1.165) is 72.3 Å². The molecule has 1 saturated heterocycles. The zero-order chi connectivity index (χ0) is 21.9. The molecule has 0 saturated carbocycles. The van der Waals surface area contributed by atoms with Crippen LogP contribution in [0.1, 0.15) is 38.5 Å². The number of rotatable bonds is 7. The van der Waals surface area contributed by atoms with Gasteiger partial charge in [-0.25, -0.2) is 4.98 Å². The number of fused-ring (bicyclic) bond motifs is 1. The zero-order valence-electron chi connectivity index (χ0n) is 18.0. The fraction of sp³-hybridized carbons (Fsp3) is 0.320. The molecule has 0 N–H and O–H groups in total. The minimum atomic E-state index is -0.00540. The Morgan fingerprint density at radius 2 is 2.03 bits per heavy atom. The predicted molar refractivity (Wildman–Crippen MR) is 125 cm³/mol. The summed E-state index contributed by atoms with van der Waals surface area (Å²) in [7, 11) is 0. The van der Waals surface area contributed by atoms with Crippen molar-refractivity contribution in [2.75, 3.05) is 39.5 Å². The lowest BCUT2D eigenvalue weighted by molar-refractivity contribution is 0.0358. The van der Waals surface area contributed by atoms with Crippen LogP contribution < -0.4 is 4.74 Å². The standard InChI is InChI=1S/C25H25N3O3S/c1-17-24(27-16-32-17)23-20-6-5-19(31-11-3-8-28-9-12-30-13-10-28)14-21(20)25(29)22(23)18-4-2-7-26-15-18/h2,4-7,14-16H,3,8-13H2,1H3. The zero-order valence-corrected chi connectivity index (χ0v) is 18.9. The van der Waals surface area contributed by atoms with Crippen molar-refractivity contribution in [3.63, 3.8) is 0 Å². The van der Waals surface area contributed by atoms with E-state index in [2.05, 4.69) is 14.9 Å². The summed E-state index contributed by atoms with van der Waals surface area (Å²) in [6, 6.07) is 9.60. The number of aromatic nitrogens is 2. The van der Waals surface area contributed by atoms with Crippen molar-refractivity contribution < 1.29 is 14.3 Å². The van der Waals surface area contributed by atoms with E-state index in [9.17, 15) is 4.79 Å². The summed E-state index contributed by atoms with van der Waals surface area (Å²) in [5.74, 6) is 0.718. The van der Waals surface area contributed by atoms with Gasteiger partial charge in [0.2, 0.25) is 0 Å². The lowest BCUT2D eigenvalue weighted by atomic mass is 9.98. The minimum absolute atomic E-state index is 0.00540. The molecule has 32 heavy (non-hydrogen) atoms. The van der Waals surface area contributed by atoms with Crippen LogP contribution in [0.4, 0.5) is 0 Å². The number of ether oxygens (including phenoxy) is 2. The molecule has 3 aromatic rings. The maximum Gasteiger partial charge on any atom is 0.195 e. The average molecular weight is 448 g/mol. The number of aryl methyl sites for hydroxylation is 1. The Morgan fingerprint density at radius 1 is 1.16 bits per heavy atom. The fourth-order valence-electron chi connectivity index (χ4n) is 4.28. The number of thiazole rings is 1. The van der Waals surface area contributed by atoms with E-state index in [1.807, 2.05) is 42.8 Å². The third-order valence-electron chi connectivity index (χ3n) is 5.90. The minimum Gasteiger partial charge on any atom is -0.494 e. The van der Waals surface area contributed by atoms with Crippen LogP contribution in [0.5, 0.6) is 5.75 Å². The third kappa shape index (κ3) is 4.11. The number of carbonyl (C=O) groups excluding carboxylic acids is 1. The maximum absolute atomic E-state index is 13.5. The monoisotopic (exact) mass is 447 g/mol. The molecule has 0 amide bonds. The van der Waals surface area contributed by atoms with E-state index in [1.165, 1.54) is 0 Å². The van der Waals surface area contributed by atoms with Gasteiger partial charge >= 0.3 is 0 Å². The normalized spacial score (nSPS) is 16.5. The first kappa shape index (κ1) is 21.0. The summed E-state index contributed by atoms with van der Waals surface area (Å²) < 4.78 is 11.4. The number of allylic oxidation sites excluding steroid dienone is 1. The maximum atomic E-state index is 13.5. The van der Waals surface area contributed by atoms with Crippen molar-refractivity contribution >= 4 is 28.3 Å². The molecular weight excluding hydrogens is 422 g/mol. The van der Waals surface area contributed by atoms with E-state index in [0.29, 0.717) is 17.7 Å².